The second-order valence-electron chi connectivity index (χ2n) is 17.0. The molecule has 348 valence electrons. The maximum Gasteiger partial charge on any atom is 0.248 e. The SMILES string of the molecule is CNC(=O)[C@H](CCN(C(=O)CO)[C@@H](c1cc(-c2cc(F)ccc2F)cn1Cc1ccccc1)C(C)(C)C)NC(=O)[C@H](CC(N)=O)NC(=O)[C@H](C)CC(=O)[C@H](C)NC(=O)Cc1ccncc1. The van der Waals surface area contributed by atoms with Gasteiger partial charge in [0.1, 0.15) is 30.3 Å². The third-order valence-corrected chi connectivity index (χ3v) is 10.7. The van der Waals surface area contributed by atoms with Crippen LogP contribution in [0.5, 0.6) is 0 Å². The Labute approximate surface area is 376 Å². The smallest absolute Gasteiger partial charge is 0.248 e. The lowest BCUT2D eigenvalue weighted by Crippen LogP contribution is -2.56. The number of nitrogens with zero attached hydrogens (tertiary/aromatic N) is 3. The van der Waals surface area contributed by atoms with Gasteiger partial charge in [-0.1, -0.05) is 58.0 Å². The first-order valence-corrected chi connectivity index (χ1v) is 21.1. The minimum Gasteiger partial charge on any atom is -0.387 e. The maximum absolute atomic E-state index is 15.2. The van der Waals surface area contributed by atoms with Gasteiger partial charge in [0.15, 0.2) is 5.78 Å². The van der Waals surface area contributed by atoms with Gasteiger partial charge in [-0.15, -0.1) is 0 Å². The summed E-state index contributed by atoms with van der Waals surface area (Å²) in [5, 5.41) is 20.4. The molecule has 0 spiro atoms. The third kappa shape index (κ3) is 14.6. The first-order chi connectivity index (χ1) is 30.7. The molecule has 0 saturated carbocycles. The maximum atomic E-state index is 15.2. The van der Waals surface area contributed by atoms with Crippen molar-refractivity contribution in [1.29, 1.82) is 0 Å². The first-order valence-electron chi connectivity index (χ1n) is 21.1. The van der Waals surface area contributed by atoms with E-state index in [2.05, 4.69) is 26.3 Å². The minimum absolute atomic E-state index is 0.00811. The van der Waals surface area contributed by atoms with Crippen molar-refractivity contribution in [3.63, 3.8) is 0 Å². The molecule has 65 heavy (non-hydrogen) atoms. The number of rotatable bonds is 22. The summed E-state index contributed by atoms with van der Waals surface area (Å²) in [7, 11) is 1.32. The molecule has 4 rings (SSSR count). The van der Waals surface area contributed by atoms with Crippen LogP contribution in [0.3, 0.4) is 0 Å². The average Bonchev–Trinajstić information content (AvgIpc) is 3.66. The van der Waals surface area contributed by atoms with Gasteiger partial charge in [0.05, 0.1) is 24.9 Å². The van der Waals surface area contributed by atoms with Crippen molar-refractivity contribution < 1.29 is 47.4 Å². The van der Waals surface area contributed by atoms with Crippen molar-refractivity contribution >= 4 is 41.2 Å². The number of aliphatic hydroxyl groups is 1. The molecule has 4 aromatic rings. The van der Waals surface area contributed by atoms with E-state index in [1.807, 2.05) is 55.7 Å². The number of benzene rings is 2. The van der Waals surface area contributed by atoms with Gasteiger partial charge >= 0.3 is 0 Å². The molecule has 0 bridgehead atoms. The Bertz CT molecular complexity index is 2320. The number of pyridine rings is 1. The van der Waals surface area contributed by atoms with Gasteiger partial charge in [0.25, 0.3) is 0 Å². The van der Waals surface area contributed by atoms with Crippen LogP contribution in [0, 0.1) is 23.0 Å². The number of carbonyl (C=O) groups excluding carboxylic acids is 7. The lowest BCUT2D eigenvalue weighted by Gasteiger charge is -2.41. The Morgan fingerprint density at radius 3 is 2.11 bits per heavy atom. The summed E-state index contributed by atoms with van der Waals surface area (Å²) in [6, 6.07) is 12.6. The van der Waals surface area contributed by atoms with Gasteiger partial charge in [-0.3, -0.25) is 38.5 Å². The molecule has 16 nitrogen and oxygen atoms in total. The van der Waals surface area contributed by atoms with E-state index in [9.17, 15) is 43.1 Å². The summed E-state index contributed by atoms with van der Waals surface area (Å²) in [5.74, 6) is -7.36. The van der Waals surface area contributed by atoms with E-state index in [4.69, 9.17) is 5.73 Å². The molecular weight excluding hydrogens is 843 g/mol. The number of hydrogen-bond donors (Lipinski definition) is 6. The molecule has 7 N–H and O–H groups in total. The summed E-state index contributed by atoms with van der Waals surface area (Å²) in [4.78, 5) is 97.2. The number of carbonyl (C=O) groups is 7. The number of primary amides is 1. The summed E-state index contributed by atoms with van der Waals surface area (Å²) in [6.07, 6.45) is 3.50. The highest BCUT2D eigenvalue weighted by Crippen LogP contribution is 2.41. The van der Waals surface area contributed by atoms with Crippen molar-refractivity contribution in [1.82, 2.24) is 35.7 Å². The number of aliphatic hydroxyl groups excluding tert-OH is 1. The normalized spacial score (nSPS) is 13.6. The molecule has 6 amide bonds. The Hall–Kier alpha value is -6.82. The first kappa shape index (κ1) is 50.8. The van der Waals surface area contributed by atoms with Crippen molar-refractivity contribution in [3.8, 4) is 11.1 Å². The van der Waals surface area contributed by atoms with Crippen LogP contribution < -0.4 is 27.0 Å². The zero-order chi connectivity index (χ0) is 48.0. The minimum atomic E-state index is -1.58. The van der Waals surface area contributed by atoms with Crippen LogP contribution in [0.15, 0.2) is 85.3 Å². The van der Waals surface area contributed by atoms with Crippen LogP contribution in [-0.2, 0) is 46.5 Å². The van der Waals surface area contributed by atoms with Gasteiger partial charge in [0.2, 0.25) is 35.4 Å². The monoisotopic (exact) mass is 900 g/mol. The van der Waals surface area contributed by atoms with Crippen molar-refractivity contribution in [3.05, 3.63) is 114 Å². The standard InChI is InChI=1S/C47H58F2N8O8/c1-28(20-39(59)29(2)53-41(61)21-30-14-17-52-18-15-30)44(63)55-37(24-40(50)60)46(65)54-36(45(64)51-6)16-19-57(42(62)27-58)43(47(3,4)5)38-22-32(34-23-33(48)12-13-35(34)49)26-56(38)25-31-10-8-7-9-11-31/h7-15,17-18,22-23,26,28-29,36-37,43,58H,16,19-21,24-25,27H2,1-6H3,(H2,50,60)(H,51,64)(H,53,61)(H,54,65)(H,55,63)/t28-,29+,36+,37+,43+/m1/s1. The van der Waals surface area contributed by atoms with Crippen LogP contribution in [0.1, 0.15) is 76.7 Å². The molecule has 18 heteroatoms. The average molecular weight is 901 g/mol. The van der Waals surface area contributed by atoms with E-state index >= 15 is 4.39 Å². The van der Waals surface area contributed by atoms with E-state index < -0.39 is 101 Å². The molecule has 0 saturated heterocycles. The van der Waals surface area contributed by atoms with E-state index in [1.165, 1.54) is 38.2 Å². The molecule has 0 unspecified atom stereocenters. The number of ketones is 1. The zero-order valence-electron chi connectivity index (χ0n) is 37.4. The molecular formula is C47H58F2N8O8. The second-order valence-corrected chi connectivity index (χ2v) is 17.0. The number of aromatic nitrogens is 2. The predicted octanol–water partition coefficient (Wildman–Crippen LogP) is 3.11. The lowest BCUT2D eigenvalue weighted by atomic mass is 9.82. The van der Waals surface area contributed by atoms with Crippen LogP contribution >= 0.6 is 0 Å². The van der Waals surface area contributed by atoms with Crippen LogP contribution in [0.25, 0.3) is 11.1 Å². The van der Waals surface area contributed by atoms with Gasteiger partial charge in [-0.05, 0) is 66.3 Å². The van der Waals surface area contributed by atoms with E-state index in [0.29, 0.717) is 16.8 Å². The third-order valence-electron chi connectivity index (χ3n) is 10.7. The number of amides is 6. The van der Waals surface area contributed by atoms with Crippen LogP contribution in [0.2, 0.25) is 0 Å². The predicted molar refractivity (Wildman–Crippen MR) is 237 cm³/mol. The van der Waals surface area contributed by atoms with Crippen molar-refractivity contribution in [2.45, 2.75) is 91.0 Å². The largest absolute Gasteiger partial charge is 0.387 e. The summed E-state index contributed by atoms with van der Waals surface area (Å²) < 4.78 is 31.5. The number of nitrogens with two attached hydrogens (primary N) is 1. The molecule has 0 radical (unpaired) electrons. The van der Waals surface area contributed by atoms with Crippen LogP contribution in [0.4, 0.5) is 8.78 Å². The highest BCUT2D eigenvalue weighted by atomic mass is 19.1. The summed E-state index contributed by atoms with van der Waals surface area (Å²) in [6.45, 7) is 7.55. The molecule has 2 aromatic carbocycles. The summed E-state index contributed by atoms with van der Waals surface area (Å²) >= 11 is 0. The highest BCUT2D eigenvalue weighted by molar-refractivity contribution is 5.96. The molecule has 0 fully saturated rings. The van der Waals surface area contributed by atoms with E-state index in [-0.39, 0.29) is 37.9 Å². The van der Waals surface area contributed by atoms with Gasteiger partial charge < -0.3 is 41.6 Å². The number of nitrogens with one attached hydrogen (secondary N) is 4. The fraction of sp³-hybridized carbons (Fsp3) is 0.404. The molecule has 2 aromatic heterocycles. The molecule has 0 aliphatic heterocycles. The van der Waals surface area contributed by atoms with Crippen molar-refractivity contribution in [2.75, 3.05) is 20.2 Å². The number of Topliss-reactive ketones (excluding diaryl/α,β-unsaturated/α-hetero) is 1. The number of hydrogen-bond acceptors (Lipinski definition) is 9. The number of halogens is 2. The molecule has 0 aliphatic carbocycles. The lowest BCUT2D eigenvalue weighted by molar-refractivity contribution is -0.140. The van der Waals surface area contributed by atoms with Crippen molar-refractivity contribution in [2.24, 2.45) is 17.1 Å². The van der Waals surface area contributed by atoms with Gasteiger partial charge in [0, 0.05) is 67.9 Å². The quantitative estimate of drug-likeness (QED) is 0.0679. The fourth-order valence-electron chi connectivity index (χ4n) is 7.44. The second kappa shape index (κ2) is 23.2. The van der Waals surface area contributed by atoms with Gasteiger partial charge in [-0.25, -0.2) is 8.78 Å². The van der Waals surface area contributed by atoms with Gasteiger partial charge in [-0.2, -0.15) is 0 Å². The Morgan fingerprint density at radius 2 is 1.49 bits per heavy atom. The molecule has 2 heterocycles. The van der Waals surface area contributed by atoms with E-state index in [1.54, 1.807) is 24.4 Å². The summed E-state index contributed by atoms with van der Waals surface area (Å²) in [5.41, 5.74) is 7.03. The topological polar surface area (TPSA) is 235 Å². The number of likely N-dealkylation sites (N-methyl/N-ethyl adjacent to an activating group) is 1. The molecule has 5 atom stereocenters. The van der Waals surface area contributed by atoms with Crippen LogP contribution in [-0.4, -0.2) is 99.1 Å². The fourth-order valence-corrected chi connectivity index (χ4v) is 7.44. The zero-order valence-corrected chi connectivity index (χ0v) is 37.4. The van der Waals surface area contributed by atoms with E-state index in [0.717, 1.165) is 23.8 Å². The Kier molecular flexibility index (Phi) is 18.1. The Morgan fingerprint density at radius 1 is 0.831 bits per heavy atom. The molecule has 0 aliphatic rings. The Balaban J connectivity index is 1.56. The highest BCUT2D eigenvalue weighted by Gasteiger charge is 2.38.